The number of esters is 1. The number of halogens is 3. The highest BCUT2D eigenvalue weighted by atomic mass is 79.9. The van der Waals surface area contributed by atoms with Crippen LogP contribution in [0.5, 0.6) is 0 Å². The third-order valence-corrected chi connectivity index (χ3v) is 4.17. The summed E-state index contributed by atoms with van der Waals surface area (Å²) in [5, 5.41) is 0.544. The molecule has 0 bridgehead atoms. The van der Waals surface area contributed by atoms with E-state index >= 15 is 0 Å². The molecule has 0 radical (unpaired) electrons. The van der Waals surface area contributed by atoms with Gasteiger partial charge in [0.1, 0.15) is 6.61 Å². The number of anilines is 1. The van der Waals surface area contributed by atoms with Gasteiger partial charge < -0.3 is 10.5 Å². The monoisotopic (exact) mass is 417 g/mol. The Morgan fingerprint density at radius 3 is 2.60 bits per heavy atom. The molecular formula is C14H10Br2ClNO2. The van der Waals surface area contributed by atoms with Crippen LogP contribution in [-0.2, 0) is 11.3 Å². The van der Waals surface area contributed by atoms with E-state index in [-0.39, 0.29) is 6.61 Å². The molecular weight excluding hydrogens is 409 g/mol. The molecule has 6 heteroatoms. The number of benzene rings is 2. The van der Waals surface area contributed by atoms with E-state index < -0.39 is 5.97 Å². The lowest BCUT2D eigenvalue weighted by Gasteiger charge is -2.08. The van der Waals surface area contributed by atoms with Crippen LogP contribution in [0.3, 0.4) is 0 Å². The number of hydrogen-bond acceptors (Lipinski definition) is 3. The average molecular weight is 420 g/mol. The van der Waals surface area contributed by atoms with Crippen molar-refractivity contribution >= 4 is 55.1 Å². The summed E-state index contributed by atoms with van der Waals surface area (Å²) in [6.07, 6.45) is 0. The van der Waals surface area contributed by atoms with Gasteiger partial charge in [-0.25, -0.2) is 4.79 Å². The summed E-state index contributed by atoms with van der Waals surface area (Å²) in [5.41, 5.74) is 7.36. The average Bonchev–Trinajstić information content (AvgIpc) is 2.40. The van der Waals surface area contributed by atoms with Crippen LogP contribution in [0.4, 0.5) is 5.69 Å². The molecule has 0 aliphatic rings. The first-order valence-electron chi connectivity index (χ1n) is 5.63. The molecule has 0 aliphatic carbocycles. The Morgan fingerprint density at radius 1 is 1.20 bits per heavy atom. The van der Waals surface area contributed by atoms with Gasteiger partial charge in [-0.05, 0) is 46.3 Å². The molecule has 104 valence electrons. The molecule has 20 heavy (non-hydrogen) atoms. The van der Waals surface area contributed by atoms with Crippen molar-refractivity contribution in [3.8, 4) is 0 Å². The normalized spacial score (nSPS) is 10.3. The second-order valence-electron chi connectivity index (χ2n) is 4.05. The lowest BCUT2D eigenvalue weighted by atomic mass is 10.2. The standard InChI is InChI=1S/C14H10Br2ClNO2/c15-10-3-1-9(12(17)6-10)7-20-14(19)8-2-4-11(16)13(18)5-8/h1-6H,7,18H2. The van der Waals surface area contributed by atoms with Crippen molar-refractivity contribution in [1.82, 2.24) is 0 Å². The van der Waals surface area contributed by atoms with Gasteiger partial charge in [-0.2, -0.15) is 0 Å². The molecule has 0 heterocycles. The number of nitrogen functional groups attached to an aromatic ring is 1. The quantitative estimate of drug-likeness (QED) is 0.574. The summed E-state index contributed by atoms with van der Waals surface area (Å²) in [5.74, 6) is -0.441. The van der Waals surface area contributed by atoms with Crippen LogP contribution in [0.2, 0.25) is 5.02 Å². The van der Waals surface area contributed by atoms with Gasteiger partial charge in [-0.1, -0.05) is 33.6 Å². The van der Waals surface area contributed by atoms with Crippen molar-refractivity contribution in [2.45, 2.75) is 6.61 Å². The Morgan fingerprint density at radius 2 is 1.95 bits per heavy atom. The SMILES string of the molecule is Nc1cc(C(=O)OCc2ccc(Br)cc2Cl)ccc1Br. The van der Waals surface area contributed by atoms with Gasteiger partial charge >= 0.3 is 5.97 Å². The molecule has 0 atom stereocenters. The largest absolute Gasteiger partial charge is 0.457 e. The van der Waals surface area contributed by atoms with E-state index in [9.17, 15) is 4.79 Å². The third kappa shape index (κ3) is 3.75. The molecule has 0 spiro atoms. The Balaban J connectivity index is 2.06. The maximum atomic E-state index is 11.9. The van der Waals surface area contributed by atoms with E-state index in [0.717, 1.165) is 14.5 Å². The van der Waals surface area contributed by atoms with Gasteiger partial charge in [0.15, 0.2) is 0 Å². The topological polar surface area (TPSA) is 52.3 Å². The molecule has 0 amide bonds. The molecule has 2 rings (SSSR count). The van der Waals surface area contributed by atoms with Gasteiger partial charge in [0.05, 0.1) is 5.56 Å². The molecule has 0 saturated heterocycles. The summed E-state index contributed by atoms with van der Waals surface area (Å²) < 4.78 is 6.83. The third-order valence-electron chi connectivity index (χ3n) is 2.61. The summed E-state index contributed by atoms with van der Waals surface area (Å²) in [6.45, 7) is 0.112. The van der Waals surface area contributed by atoms with E-state index in [1.165, 1.54) is 0 Å². The number of rotatable bonds is 3. The Labute approximate surface area is 138 Å². The molecule has 0 saturated carbocycles. The summed E-state index contributed by atoms with van der Waals surface area (Å²) >= 11 is 12.6. The zero-order valence-electron chi connectivity index (χ0n) is 10.2. The molecule has 0 aliphatic heterocycles. The fraction of sp³-hybridized carbons (Fsp3) is 0.0714. The Hall–Kier alpha value is -1.04. The first kappa shape index (κ1) is 15.4. The van der Waals surface area contributed by atoms with Crippen LogP contribution in [-0.4, -0.2) is 5.97 Å². The van der Waals surface area contributed by atoms with Gasteiger partial charge in [0.25, 0.3) is 0 Å². The van der Waals surface area contributed by atoms with Crippen molar-refractivity contribution in [3.63, 3.8) is 0 Å². The molecule has 0 fully saturated rings. The predicted molar refractivity (Wildman–Crippen MR) is 86.8 cm³/mol. The highest BCUT2D eigenvalue weighted by Crippen LogP contribution is 2.23. The smallest absolute Gasteiger partial charge is 0.338 e. The van der Waals surface area contributed by atoms with Crippen molar-refractivity contribution in [2.24, 2.45) is 0 Å². The van der Waals surface area contributed by atoms with Crippen molar-refractivity contribution in [3.05, 3.63) is 61.5 Å². The van der Waals surface area contributed by atoms with Crippen LogP contribution < -0.4 is 5.73 Å². The predicted octanol–water partition coefficient (Wildman–Crippen LogP) is 4.80. The number of hydrogen-bond donors (Lipinski definition) is 1. The van der Waals surface area contributed by atoms with Crippen LogP contribution in [0.15, 0.2) is 45.3 Å². The number of carbonyl (C=O) groups is 1. The van der Waals surface area contributed by atoms with E-state index in [1.54, 1.807) is 30.3 Å². The van der Waals surface area contributed by atoms with Crippen molar-refractivity contribution in [2.75, 3.05) is 5.73 Å². The highest BCUT2D eigenvalue weighted by molar-refractivity contribution is 9.10. The lowest BCUT2D eigenvalue weighted by molar-refractivity contribution is 0.0473. The second-order valence-corrected chi connectivity index (χ2v) is 6.23. The van der Waals surface area contributed by atoms with E-state index in [4.69, 9.17) is 22.1 Å². The Kier molecular flexibility index (Phi) is 5.07. The zero-order valence-corrected chi connectivity index (χ0v) is 14.1. The van der Waals surface area contributed by atoms with Gasteiger partial charge in [0, 0.05) is 25.2 Å². The molecule has 0 unspecified atom stereocenters. The highest BCUT2D eigenvalue weighted by Gasteiger charge is 2.10. The minimum atomic E-state index is -0.441. The fourth-order valence-electron chi connectivity index (χ4n) is 1.54. The molecule has 2 aromatic rings. The number of carbonyl (C=O) groups excluding carboxylic acids is 1. The van der Waals surface area contributed by atoms with Gasteiger partial charge in [-0.3, -0.25) is 0 Å². The minimum absolute atomic E-state index is 0.112. The molecule has 2 aromatic carbocycles. The van der Waals surface area contributed by atoms with Crippen LogP contribution >= 0.6 is 43.5 Å². The molecule has 3 nitrogen and oxygen atoms in total. The first-order valence-corrected chi connectivity index (χ1v) is 7.60. The zero-order chi connectivity index (χ0) is 14.7. The first-order chi connectivity index (χ1) is 9.47. The van der Waals surface area contributed by atoms with E-state index in [2.05, 4.69) is 31.9 Å². The summed E-state index contributed by atoms with van der Waals surface area (Å²) in [7, 11) is 0. The number of ether oxygens (including phenoxy) is 1. The number of nitrogens with two attached hydrogens (primary N) is 1. The van der Waals surface area contributed by atoms with Gasteiger partial charge in [0.2, 0.25) is 0 Å². The lowest BCUT2D eigenvalue weighted by Crippen LogP contribution is -2.06. The maximum absolute atomic E-state index is 11.9. The van der Waals surface area contributed by atoms with Crippen molar-refractivity contribution in [1.29, 1.82) is 0 Å². The second kappa shape index (κ2) is 6.61. The van der Waals surface area contributed by atoms with Crippen LogP contribution in [0.1, 0.15) is 15.9 Å². The van der Waals surface area contributed by atoms with E-state index in [1.807, 2.05) is 6.07 Å². The van der Waals surface area contributed by atoms with Gasteiger partial charge in [-0.15, -0.1) is 0 Å². The van der Waals surface area contributed by atoms with Crippen LogP contribution in [0.25, 0.3) is 0 Å². The van der Waals surface area contributed by atoms with E-state index in [0.29, 0.717) is 16.3 Å². The summed E-state index contributed by atoms with van der Waals surface area (Å²) in [4.78, 5) is 11.9. The molecule has 2 N–H and O–H groups in total. The minimum Gasteiger partial charge on any atom is -0.457 e. The summed E-state index contributed by atoms with van der Waals surface area (Å²) in [6, 6.07) is 10.3. The molecule has 0 aromatic heterocycles. The fourth-order valence-corrected chi connectivity index (χ4v) is 2.51. The van der Waals surface area contributed by atoms with Crippen LogP contribution in [0, 0.1) is 0 Å². The van der Waals surface area contributed by atoms with Crippen molar-refractivity contribution < 1.29 is 9.53 Å². The Bertz CT molecular complexity index is 662. The maximum Gasteiger partial charge on any atom is 0.338 e.